The van der Waals surface area contributed by atoms with Gasteiger partial charge in [0, 0.05) is 0 Å². The molecule has 0 amide bonds. The smallest absolute Gasteiger partial charge is 0.335 e. The molecule has 2 rings (SSSR count). The van der Waals surface area contributed by atoms with Gasteiger partial charge in [-0.05, 0) is 6.07 Å². The molecule has 0 spiro atoms. The molecule has 0 fully saturated rings. The number of nitrogens with zero attached hydrogens (tertiary/aromatic N) is 2. The second-order valence-electron chi connectivity index (χ2n) is 3.29. The third-order valence-electron chi connectivity index (χ3n) is 2.04. The van der Waals surface area contributed by atoms with Crippen molar-refractivity contribution in [3.05, 3.63) is 22.1 Å². The van der Waals surface area contributed by atoms with Crippen LogP contribution in [-0.4, -0.2) is 21.1 Å². The minimum atomic E-state index is -5.76. The standard InChI is InChI=1S/C8H2Cl2F5N3/c9-2-1-3-5(17-4(2)10)18-6(16-3)7(11,12)8(13,14)15/h1H,(H,16,17,18). The van der Waals surface area contributed by atoms with Gasteiger partial charge in [-0.1, -0.05) is 23.2 Å². The number of aromatic amines is 1. The largest absolute Gasteiger partial charge is 0.461 e. The summed E-state index contributed by atoms with van der Waals surface area (Å²) in [6, 6.07) is 1.06. The molecule has 2 aromatic heterocycles. The fourth-order valence-electron chi connectivity index (χ4n) is 1.18. The SMILES string of the molecule is FC(F)(F)C(F)(F)c1nc2nc(Cl)c(Cl)cc2[nH]1. The summed E-state index contributed by atoms with van der Waals surface area (Å²) in [5.41, 5.74) is -0.536. The monoisotopic (exact) mass is 305 g/mol. The fraction of sp³-hybridized carbons (Fsp3) is 0.250. The molecule has 10 heteroatoms. The minimum Gasteiger partial charge on any atom is -0.335 e. The van der Waals surface area contributed by atoms with E-state index in [2.05, 4.69) is 9.97 Å². The van der Waals surface area contributed by atoms with Crippen molar-refractivity contribution in [2.45, 2.75) is 12.1 Å². The molecule has 0 saturated carbocycles. The molecule has 2 aromatic rings. The van der Waals surface area contributed by atoms with Crippen molar-refractivity contribution in [3.8, 4) is 0 Å². The Kier molecular flexibility index (Phi) is 2.90. The Balaban J connectivity index is 2.61. The number of hydrogen-bond donors (Lipinski definition) is 1. The van der Waals surface area contributed by atoms with E-state index in [-0.39, 0.29) is 21.3 Å². The molecule has 0 radical (unpaired) electrons. The fourth-order valence-corrected chi connectivity index (χ4v) is 1.46. The van der Waals surface area contributed by atoms with Gasteiger partial charge in [-0.15, -0.1) is 0 Å². The van der Waals surface area contributed by atoms with Gasteiger partial charge in [0.05, 0.1) is 10.5 Å². The lowest BCUT2D eigenvalue weighted by Gasteiger charge is -2.16. The number of rotatable bonds is 1. The summed E-state index contributed by atoms with van der Waals surface area (Å²) in [6.07, 6.45) is -5.76. The van der Waals surface area contributed by atoms with Gasteiger partial charge < -0.3 is 4.98 Å². The lowest BCUT2D eigenvalue weighted by atomic mass is 10.3. The average molecular weight is 306 g/mol. The molecule has 2 heterocycles. The molecule has 0 aliphatic carbocycles. The third kappa shape index (κ3) is 1.99. The van der Waals surface area contributed by atoms with Crippen LogP contribution in [0.4, 0.5) is 22.0 Å². The molecule has 0 saturated heterocycles. The number of nitrogens with one attached hydrogen (secondary N) is 1. The van der Waals surface area contributed by atoms with Crippen LogP contribution in [0.25, 0.3) is 11.2 Å². The quantitative estimate of drug-likeness (QED) is 0.641. The molecule has 0 aliphatic rings. The van der Waals surface area contributed by atoms with Gasteiger partial charge in [0.2, 0.25) is 0 Å². The second-order valence-corrected chi connectivity index (χ2v) is 4.05. The van der Waals surface area contributed by atoms with Gasteiger partial charge in [-0.2, -0.15) is 22.0 Å². The Bertz CT molecular complexity index is 568. The van der Waals surface area contributed by atoms with Gasteiger partial charge in [-0.25, -0.2) is 9.97 Å². The molecule has 0 aromatic carbocycles. The van der Waals surface area contributed by atoms with Crippen molar-refractivity contribution in [2.75, 3.05) is 0 Å². The number of aromatic nitrogens is 3. The van der Waals surface area contributed by atoms with Crippen LogP contribution < -0.4 is 0 Å². The minimum absolute atomic E-state index is 0.0882. The van der Waals surface area contributed by atoms with E-state index >= 15 is 0 Å². The molecule has 0 bridgehead atoms. The maximum absolute atomic E-state index is 13.0. The number of H-pyrrole nitrogens is 1. The van der Waals surface area contributed by atoms with E-state index in [1.54, 1.807) is 0 Å². The molecule has 1 N–H and O–H groups in total. The summed E-state index contributed by atoms with van der Waals surface area (Å²) in [5.74, 6) is -6.66. The van der Waals surface area contributed by atoms with E-state index in [1.807, 2.05) is 4.98 Å². The number of fused-ring (bicyclic) bond motifs is 1. The van der Waals surface area contributed by atoms with Crippen LogP contribution in [0.15, 0.2) is 6.07 Å². The maximum Gasteiger partial charge on any atom is 0.461 e. The summed E-state index contributed by atoms with van der Waals surface area (Å²) in [4.78, 5) is 8.38. The number of halogens is 7. The van der Waals surface area contributed by atoms with E-state index < -0.39 is 17.9 Å². The molecular formula is C8H2Cl2F5N3. The molecule has 98 valence electrons. The summed E-state index contributed by atoms with van der Waals surface area (Å²) in [7, 11) is 0. The Labute approximate surface area is 106 Å². The first kappa shape index (κ1) is 13.3. The van der Waals surface area contributed by atoms with E-state index in [0.29, 0.717) is 0 Å². The van der Waals surface area contributed by atoms with Crippen LogP contribution in [0, 0.1) is 0 Å². The predicted molar refractivity (Wildman–Crippen MR) is 53.9 cm³/mol. The van der Waals surface area contributed by atoms with E-state index in [1.165, 1.54) is 0 Å². The lowest BCUT2D eigenvalue weighted by Crippen LogP contribution is -2.34. The Morgan fingerprint density at radius 3 is 2.22 bits per heavy atom. The van der Waals surface area contributed by atoms with E-state index in [4.69, 9.17) is 23.2 Å². The van der Waals surface area contributed by atoms with Crippen molar-refractivity contribution in [3.63, 3.8) is 0 Å². The number of alkyl halides is 5. The molecule has 0 atom stereocenters. The second kappa shape index (κ2) is 3.92. The first-order chi connectivity index (χ1) is 8.13. The highest BCUT2D eigenvalue weighted by molar-refractivity contribution is 6.41. The number of pyridine rings is 1. The van der Waals surface area contributed by atoms with Gasteiger partial charge >= 0.3 is 12.1 Å². The van der Waals surface area contributed by atoms with Crippen LogP contribution >= 0.6 is 23.2 Å². The topological polar surface area (TPSA) is 41.6 Å². The van der Waals surface area contributed by atoms with Crippen LogP contribution in [0.1, 0.15) is 5.82 Å². The van der Waals surface area contributed by atoms with Gasteiger partial charge in [0.15, 0.2) is 11.5 Å². The van der Waals surface area contributed by atoms with Crippen molar-refractivity contribution < 1.29 is 22.0 Å². The highest BCUT2D eigenvalue weighted by atomic mass is 35.5. The highest BCUT2D eigenvalue weighted by Crippen LogP contribution is 2.43. The number of imidazole rings is 1. The summed E-state index contributed by atoms with van der Waals surface area (Å²) in [5, 5.41) is -0.327. The van der Waals surface area contributed by atoms with Crippen molar-refractivity contribution in [1.29, 1.82) is 0 Å². The molecular weight excluding hydrogens is 304 g/mol. The van der Waals surface area contributed by atoms with Crippen molar-refractivity contribution >= 4 is 34.4 Å². The predicted octanol–water partition coefficient (Wildman–Crippen LogP) is 3.92. The van der Waals surface area contributed by atoms with Crippen molar-refractivity contribution in [2.24, 2.45) is 0 Å². The number of hydrogen-bond acceptors (Lipinski definition) is 2. The average Bonchev–Trinajstić information content (AvgIpc) is 2.60. The first-order valence-corrected chi connectivity index (χ1v) is 5.05. The summed E-state index contributed by atoms with van der Waals surface area (Å²) < 4.78 is 62.4. The van der Waals surface area contributed by atoms with E-state index in [9.17, 15) is 22.0 Å². The maximum atomic E-state index is 13.0. The van der Waals surface area contributed by atoms with Crippen LogP contribution in [-0.2, 0) is 5.92 Å². The van der Waals surface area contributed by atoms with Gasteiger partial charge in [0.1, 0.15) is 5.15 Å². The van der Waals surface area contributed by atoms with Gasteiger partial charge in [-0.3, -0.25) is 0 Å². The Morgan fingerprint density at radius 2 is 1.67 bits per heavy atom. The van der Waals surface area contributed by atoms with Crippen LogP contribution in [0.5, 0.6) is 0 Å². The molecule has 18 heavy (non-hydrogen) atoms. The molecule has 0 aliphatic heterocycles. The first-order valence-electron chi connectivity index (χ1n) is 4.29. The lowest BCUT2D eigenvalue weighted by molar-refractivity contribution is -0.292. The van der Waals surface area contributed by atoms with Gasteiger partial charge in [0.25, 0.3) is 0 Å². The normalized spacial score (nSPS) is 13.3. The van der Waals surface area contributed by atoms with Crippen LogP contribution in [0.3, 0.4) is 0 Å². The molecule has 0 unspecified atom stereocenters. The summed E-state index contributed by atoms with van der Waals surface area (Å²) in [6.45, 7) is 0. The molecule has 3 nitrogen and oxygen atoms in total. The van der Waals surface area contributed by atoms with Crippen LogP contribution in [0.2, 0.25) is 10.2 Å². The third-order valence-corrected chi connectivity index (χ3v) is 2.71. The Hall–Kier alpha value is -1.15. The van der Waals surface area contributed by atoms with Crippen molar-refractivity contribution in [1.82, 2.24) is 15.0 Å². The zero-order chi connectivity index (χ0) is 13.7. The summed E-state index contributed by atoms with van der Waals surface area (Å²) >= 11 is 11.0. The highest BCUT2D eigenvalue weighted by Gasteiger charge is 2.61. The zero-order valence-corrected chi connectivity index (χ0v) is 9.63. The van der Waals surface area contributed by atoms with E-state index in [0.717, 1.165) is 6.07 Å². The Morgan fingerprint density at radius 1 is 1.06 bits per heavy atom. The zero-order valence-electron chi connectivity index (χ0n) is 8.12.